The summed E-state index contributed by atoms with van der Waals surface area (Å²) < 4.78 is 0. The van der Waals surface area contributed by atoms with E-state index in [-0.39, 0.29) is 0 Å². The SMILES string of the molecule is NCCCc1ncc(-c2ccccc2)cn1. The Morgan fingerprint density at radius 2 is 1.62 bits per heavy atom. The standard InChI is InChI=1S/C13H15N3/c14-8-4-7-13-15-9-12(10-16-13)11-5-2-1-3-6-11/h1-3,5-6,9-10H,4,7-8,14H2. The molecule has 1 aromatic carbocycles. The average molecular weight is 213 g/mol. The molecule has 2 aromatic rings. The molecule has 2 rings (SSSR count). The second-order valence-electron chi connectivity index (χ2n) is 3.65. The van der Waals surface area contributed by atoms with Crippen LogP contribution in [0.25, 0.3) is 11.1 Å². The molecule has 1 heterocycles. The summed E-state index contributed by atoms with van der Waals surface area (Å²) in [6.07, 6.45) is 5.53. The van der Waals surface area contributed by atoms with Gasteiger partial charge < -0.3 is 5.73 Å². The summed E-state index contributed by atoms with van der Waals surface area (Å²) in [6.45, 7) is 0.684. The first-order valence-corrected chi connectivity index (χ1v) is 5.46. The van der Waals surface area contributed by atoms with Gasteiger partial charge in [-0.1, -0.05) is 30.3 Å². The minimum absolute atomic E-state index is 0.684. The number of benzene rings is 1. The van der Waals surface area contributed by atoms with Crippen molar-refractivity contribution in [1.29, 1.82) is 0 Å². The molecule has 0 saturated carbocycles. The Bertz CT molecular complexity index is 423. The van der Waals surface area contributed by atoms with Crippen LogP contribution in [0.15, 0.2) is 42.7 Å². The van der Waals surface area contributed by atoms with E-state index in [9.17, 15) is 0 Å². The van der Waals surface area contributed by atoms with Gasteiger partial charge in [-0.15, -0.1) is 0 Å². The van der Waals surface area contributed by atoms with E-state index in [0.717, 1.165) is 29.8 Å². The molecule has 3 nitrogen and oxygen atoms in total. The lowest BCUT2D eigenvalue weighted by atomic mass is 10.1. The van der Waals surface area contributed by atoms with E-state index in [2.05, 4.69) is 22.1 Å². The van der Waals surface area contributed by atoms with E-state index in [1.54, 1.807) is 0 Å². The summed E-state index contributed by atoms with van der Waals surface area (Å²) in [5.41, 5.74) is 7.64. The smallest absolute Gasteiger partial charge is 0.128 e. The van der Waals surface area contributed by atoms with Crippen LogP contribution in [0.5, 0.6) is 0 Å². The Balaban J connectivity index is 2.13. The fraction of sp³-hybridized carbons (Fsp3) is 0.231. The minimum Gasteiger partial charge on any atom is -0.330 e. The van der Waals surface area contributed by atoms with Gasteiger partial charge in [0.15, 0.2) is 0 Å². The number of nitrogens with two attached hydrogens (primary N) is 1. The van der Waals surface area contributed by atoms with Crippen molar-refractivity contribution in [3.8, 4) is 11.1 Å². The maximum atomic E-state index is 5.44. The van der Waals surface area contributed by atoms with Gasteiger partial charge in [0, 0.05) is 24.4 Å². The largest absolute Gasteiger partial charge is 0.330 e. The Morgan fingerprint density at radius 1 is 0.938 bits per heavy atom. The third kappa shape index (κ3) is 2.64. The van der Waals surface area contributed by atoms with E-state index in [1.807, 2.05) is 30.6 Å². The maximum absolute atomic E-state index is 5.44. The lowest BCUT2D eigenvalue weighted by Crippen LogP contribution is -2.03. The molecule has 2 N–H and O–H groups in total. The van der Waals surface area contributed by atoms with E-state index < -0.39 is 0 Å². The molecule has 0 aliphatic carbocycles. The Hall–Kier alpha value is -1.74. The quantitative estimate of drug-likeness (QED) is 0.845. The highest BCUT2D eigenvalue weighted by molar-refractivity contribution is 5.60. The van der Waals surface area contributed by atoms with Gasteiger partial charge >= 0.3 is 0 Å². The summed E-state index contributed by atoms with van der Waals surface area (Å²) in [6, 6.07) is 10.1. The zero-order valence-corrected chi connectivity index (χ0v) is 9.13. The normalized spacial score (nSPS) is 10.3. The van der Waals surface area contributed by atoms with Crippen LogP contribution in [0.1, 0.15) is 12.2 Å². The molecule has 0 aliphatic rings. The zero-order valence-electron chi connectivity index (χ0n) is 9.13. The molecule has 82 valence electrons. The molecule has 0 bridgehead atoms. The summed E-state index contributed by atoms with van der Waals surface area (Å²) in [5.74, 6) is 0.866. The van der Waals surface area contributed by atoms with E-state index in [0.29, 0.717) is 6.54 Å². The first-order chi connectivity index (χ1) is 7.90. The van der Waals surface area contributed by atoms with Crippen molar-refractivity contribution in [3.63, 3.8) is 0 Å². The van der Waals surface area contributed by atoms with Crippen LogP contribution in [0, 0.1) is 0 Å². The summed E-state index contributed by atoms with van der Waals surface area (Å²) >= 11 is 0. The third-order valence-corrected chi connectivity index (χ3v) is 2.42. The molecule has 0 radical (unpaired) electrons. The number of nitrogens with zero attached hydrogens (tertiary/aromatic N) is 2. The van der Waals surface area contributed by atoms with Crippen molar-refractivity contribution in [2.75, 3.05) is 6.54 Å². The van der Waals surface area contributed by atoms with Gasteiger partial charge in [0.05, 0.1) is 0 Å². The Labute approximate surface area is 95.4 Å². The molecule has 0 amide bonds. The second kappa shape index (κ2) is 5.37. The molecule has 0 unspecified atom stereocenters. The lowest BCUT2D eigenvalue weighted by molar-refractivity contribution is 0.781. The van der Waals surface area contributed by atoms with Gasteiger partial charge in [-0.2, -0.15) is 0 Å². The van der Waals surface area contributed by atoms with E-state index in [4.69, 9.17) is 5.73 Å². The Morgan fingerprint density at radius 3 is 2.25 bits per heavy atom. The molecule has 3 heteroatoms. The molecule has 0 fully saturated rings. The molecule has 16 heavy (non-hydrogen) atoms. The fourth-order valence-electron chi connectivity index (χ4n) is 1.52. The van der Waals surface area contributed by atoms with Crippen LogP contribution in [0.2, 0.25) is 0 Å². The predicted octanol–water partition coefficient (Wildman–Crippen LogP) is 2.03. The highest BCUT2D eigenvalue weighted by Gasteiger charge is 1.99. The van der Waals surface area contributed by atoms with Gasteiger partial charge in [-0.3, -0.25) is 0 Å². The van der Waals surface area contributed by atoms with Crippen molar-refractivity contribution in [1.82, 2.24) is 9.97 Å². The number of aromatic nitrogens is 2. The van der Waals surface area contributed by atoms with Gasteiger partial charge in [0.25, 0.3) is 0 Å². The van der Waals surface area contributed by atoms with Crippen LogP contribution >= 0.6 is 0 Å². The molecular formula is C13H15N3. The predicted molar refractivity (Wildman–Crippen MR) is 64.8 cm³/mol. The van der Waals surface area contributed by atoms with Crippen LogP contribution < -0.4 is 5.73 Å². The fourth-order valence-corrected chi connectivity index (χ4v) is 1.52. The van der Waals surface area contributed by atoms with Crippen LogP contribution in [0.4, 0.5) is 0 Å². The average Bonchev–Trinajstić information content (AvgIpc) is 2.38. The minimum atomic E-state index is 0.684. The van der Waals surface area contributed by atoms with Crippen LogP contribution in [0.3, 0.4) is 0 Å². The zero-order chi connectivity index (χ0) is 11.2. The third-order valence-electron chi connectivity index (χ3n) is 2.42. The molecular weight excluding hydrogens is 198 g/mol. The van der Waals surface area contributed by atoms with Gasteiger partial charge in [-0.05, 0) is 18.5 Å². The van der Waals surface area contributed by atoms with Gasteiger partial charge in [0.2, 0.25) is 0 Å². The number of rotatable bonds is 4. The first-order valence-electron chi connectivity index (χ1n) is 5.46. The molecule has 0 saturated heterocycles. The topological polar surface area (TPSA) is 51.8 Å². The molecule has 0 aliphatic heterocycles. The highest BCUT2D eigenvalue weighted by atomic mass is 14.9. The van der Waals surface area contributed by atoms with Crippen molar-refractivity contribution in [3.05, 3.63) is 48.5 Å². The van der Waals surface area contributed by atoms with Gasteiger partial charge in [-0.25, -0.2) is 9.97 Å². The highest BCUT2D eigenvalue weighted by Crippen LogP contribution is 2.16. The van der Waals surface area contributed by atoms with E-state index in [1.165, 1.54) is 0 Å². The molecule has 0 spiro atoms. The second-order valence-corrected chi connectivity index (χ2v) is 3.65. The van der Waals surface area contributed by atoms with Crippen molar-refractivity contribution in [2.24, 2.45) is 5.73 Å². The van der Waals surface area contributed by atoms with Crippen LogP contribution in [-0.2, 0) is 6.42 Å². The number of aryl methyl sites for hydroxylation is 1. The lowest BCUT2D eigenvalue weighted by Gasteiger charge is -2.02. The van der Waals surface area contributed by atoms with Crippen molar-refractivity contribution >= 4 is 0 Å². The number of hydrogen-bond acceptors (Lipinski definition) is 3. The summed E-state index contributed by atoms with van der Waals surface area (Å²) in [7, 11) is 0. The molecule has 0 atom stereocenters. The maximum Gasteiger partial charge on any atom is 0.128 e. The van der Waals surface area contributed by atoms with Crippen molar-refractivity contribution < 1.29 is 0 Å². The summed E-state index contributed by atoms with van der Waals surface area (Å²) in [5, 5.41) is 0. The monoisotopic (exact) mass is 213 g/mol. The van der Waals surface area contributed by atoms with Gasteiger partial charge in [0.1, 0.15) is 5.82 Å². The summed E-state index contributed by atoms with van der Waals surface area (Å²) in [4.78, 5) is 8.65. The van der Waals surface area contributed by atoms with Crippen molar-refractivity contribution in [2.45, 2.75) is 12.8 Å². The number of hydrogen-bond donors (Lipinski definition) is 1. The van der Waals surface area contributed by atoms with E-state index >= 15 is 0 Å². The Kier molecular flexibility index (Phi) is 3.62. The molecule has 1 aromatic heterocycles. The first kappa shape index (κ1) is 10.8. The van der Waals surface area contributed by atoms with Crippen LogP contribution in [-0.4, -0.2) is 16.5 Å².